The van der Waals surface area contributed by atoms with Gasteiger partial charge in [0, 0.05) is 11.0 Å². The highest BCUT2D eigenvalue weighted by molar-refractivity contribution is 9.10. The zero-order chi connectivity index (χ0) is 12.3. The van der Waals surface area contributed by atoms with E-state index in [1.807, 2.05) is 24.3 Å². The van der Waals surface area contributed by atoms with E-state index in [2.05, 4.69) is 21.2 Å². The quantitative estimate of drug-likeness (QED) is 0.871. The molecular weight excluding hydrogens is 280 g/mol. The smallest absolute Gasteiger partial charge is 0.224 e. The van der Waals surface area contributed by atoms with Gasteiger partial charge < -0.3 is 11.1 Å². The van der Waals surface area contributed by atoms with Gasteiger partial charge >= 0.3 is 0 Å². The van der Waals surface area contributed by atoms with Crippen molar-refractivity contribution < 1.29 is 4.79 Å². The number of nitrogens with one attached hydrogen (secondary N) is 1. The Kier molecular flexibility index (Phi) is 3.84. The minimum Gasteiger partial charge on any atom is -0.355 e. The molecule has 0 radical (unpaired) electrons. The van der Waals surface area contributed by atoms with Gasteiger partial charge in [-0.15, -0.1) is 0 Å². The summed E-state index contributed by atoms with van der Waals surface area (Å²) in [6.45, 7) is 1.38. The fraction of sp³-hybridized carbons (Fsp3) is 0.462. The Morgan fingerprint density at radius 1 is 1.41 bits per heavy atom. The van der Waals surface area contributed by atoms with Crippen LogP contribution >= 0.6 is 15.9 Å². The number of halogens is 1. The highest BCUT2D eigenvalue weighted by atomic mass is 79.9. The van der Waals surface area contributed by atoms with Crippen LogP contribution in [0.25, 0.3) is 0 Å². The van der Waals surface area contributed by atoms with Crippen LogP contribution in [-0.4, -0.2) is 19.0 Å². The summed E-state index contributed by atoms with van der Waals surface area (Å²) in [5.74, 6) is 0.0663. The van der Waals surface area contributed by atoms with E-state index in [0.717, 1.165) is 22.9 Å². The maximum Gasteiger partial charge on any atom is 0.224 e. The Morgan fingerprint density at radius 3 is 2.71 bits per heavy atom. The highest BCUT2D eigenvalue weighted by Gasteiger charge is 2.41. The number of amides is 1. The van der Waals surface area contributed by atoms with Gasteiger partial charge in [0.25, 0.3) is 0 Å². The van der Waals surface area contributed by atoms with Gasteiger partial charge in [0.15, 0.2) is 0 Å². The zero-order valence-electron chi connectivity index (χ0n) is 9.71. The Bertz CT molecular complexity index is 416. The van der Waals surface area contributed by atoms with Crippen molar-refractivity contribution in [1.29, 1.82) is 0 Å². The van der Waals surface area contributed by atoms with Crippen molar-refractivity contribution >= 4 is 21.8 Å². The van der Waals surface area contributed by atoms with Gasteiger partial charge in [-0.25, -0.2) is 0 Å². The third-order valence-electron chi connectivity index (χ3n) is 3.36. The number of nitrogens with two attached hydrogens (primary N) is 1. The van der Waals surface area contributed by atoms with Crippen molar-refractivity contribution in [3.8, 4) is 0 Å². The van der Waals surface area contributed by atoms with Crippen LogP contribution < -0.4 is 11.1 Å². The number of carbonyl (C=O) groups is 1. The van der Waals surface area contributed by atoms with E-state index in [1.165, 1.54) is 0 Å². The summed E-state index contributed by atoms with van der Waals surface area (Å²) in [5, 5.41) is 2.97. The molecule has 1 aromatic rings. The first-order chi connectivity index (χ1) is 8.15. The summed E-state index contributed by atoms with van der Waals surface area (Å²) in [7, 11) is 0. The van der Waals surface area contributed by atoms with Crippen LogP contribution in [-0.2, 0) is 11.2 Å². The van der Waals surface area contributed by atoms with Crippen LogP contribution in [0.1, 0.15) is 18.4 Å². The van der Waals surface area contributed by atoms with E-state index in [0.29, 0.717) is 19.5 Å². The Morgan fingerprint density at radius 2 is 2.12 bits per heavy atom. The molecule has 0 spiro atoms. The van der Waals surface area contributed by atoms with E-state index in [-0.39, 0.29) is 11.3 Å². The summed E-state index contributed by atoms with van der Waals surface area (Å²) in [6, 6.07) is 7.79. The van der Waals surface area contributed by atoms with E-state index in [1.54, 1.807) is 0 Å². The predicted molar refractivity (Wildman–Crippen MR) is 71.6 cm³/mol. The summed E-state index contributed by atoms with van der Waals surface area (Å²) in [4.78, 5) is 11.8. The monoisotopic (exact) mass is 296 g/mol. The number of hydrogen-bond acceptors (Lipinski definition) is 2. The van der Waals surface area contributed by atoms with Gasteiger partial charge in [0.2, 0.25) is 5.91 Å². The number of hydrogen-bond donors (Lipinski definition) is 2. The molecular formula is C13H17BrN2O. The molecule has 1 aliphatic rings. The molecule has 92 valence electrons. The maximum atomic E-state index is 11.8. The molecule has 4 heteroatoms. The SMILES string of the molecule is NCC1(CNC(=O)Cc2ccccc2Br)CC1. The number of carbonyl (C=O) groups excluding carboxylic acids is 1. The van der Waals surface area contributed by atoms with Gasteiger partial charge in [-0.3, -0.25) is 4.79 Å². The summed E-state index contributed by atoms with van der Waals surface area (Å²) in [5.41, 5.74) is 6.89. The third-order valence-corrected chi connectivity index (χ3v) is 4.13. The lowest BCUT2D eigenvalue weighted by molar-refractivity contribution is -0.120. The first-order valence-electron chi connectivity index (χ1n) is 5.85. The van der Waals surface area contributed by atoms with Crippen LogP contribution in [0.5, 0.6) is 0 Å². The van der Waals surface area contributed by atoms with Gasteiger partial charge in [-0.1, -0.05) is 34.1 Å². The van der Waals surface area contributed by atoms with Crippen LogP contribution in [0.15, 0.2) is 28.7 Å². The fourth-order valence-electron chi connectivity index (χ4n) is 1.79. The molecule has 0 saturated heterocycles. The molecule has 0 unspecified atom stereocenters. The standard InChI is InChI=1S/C13H17BrN2O/c14-11-4-2-1-3-10(11)7-12(17)16-9-13(8-15)5-6-13/h1-4H,5-9,15H2,(H,16,17). The number of benzene rings is 1. The van der Waals surface area contributed by atoms with Gasteiger partial charge in [-0.05, 0) is 36.4 Å². The van der Waals surface area contributed by atoms with Gasteiger partial charge in [-0.2, -0.15) is 0 Å². The molecule has 0 bridgehead atoms. The van der Waals surface area contributed by atoms with E-state index in [9.17, 15) is 4.79 Å². The van der Waals surface area contributed by atoms with Crippen molar-refractivity contribution in [1.82, 2.24) is 5.32 Å². The van der Waals surface area contributed by atoms with Crippen LogP contribution in [0.2, 0.25) is 0 Å². The molecule has 1 fully saturated rings. The zero-order valence-corrected chi connectivity index (χ0v) is 11.3. The normalized spacial score (nSPS) is 16.6. The molecule has 0 heterocycles. The summed E-state index contributed by atoms with van der Waals surface area (Å²) < 4.78 is 0.982. The van der Waals surface area contributed by atoms with Crippen molar-refractivity contribution in [3.05, 3.63) is 34.3 Å². The molecule has 0 aromatic heterocycles. The molecule has 1 amide bonds. The Labute approximate surface area is 110 Å². The third kappa shape index (κ3) is 3.30. The van der Waals surface area contributed by atoms with Crippen LogP contribution in [0.4, 0.5) is 0 Å². The van der Waals surface area contributed by atoms with E-state index < -0.39 is 0 Å². The average Bonchev–Trinajstić information content (AvgIpc) is 3.10. The highest BCUT2D eigenvalue weighted by Crippen LogP contribution is 2.43. The van der Waals surface area contributed by atoms with E-state index in [4.69, 9.17) is 5.73 Å². The van der Waals surface area contributed by atoms with Crippen molar-refractivity contribution in [2.45, 2.75) is 19.3 Å². The molecule has 17 heavy (non-hydrogen) atoms. The Hall–Kier alpha value is -0.870. The largest absolute Gasteiger partial charge is 0.355 e. The minimum absolute atomic E-state index is 0.0663. The summed E-state index contributed by atoms with van der Waals surface area (Å²) >= 11 is 3.44. The first kappa shape index (κ1) is 12.6. The first-order valence-corrected chi connectivity index (χ1v) is 6.65. The topological polar surface area (TPSA) is 55.1 Å². The molecule has 3 nitrogen and oxygen atoms in total. The molecule has 0 atom stereocenters. The van der Waals surface area contributed by atoms with Crippen LogP contribution in [0, 0.1) is 5.41 Å². The second-order valence-corrected chi connectivity index (χ2v) is 5.60. The lowest BCUT2D eigenvalue weighted by Gasteiger charge is -2.13. The second kappa shape index (κ2) is 5.19. The van der Waals surface area contributed by atoms with E-state index >= 15 is 0 Å². The Balaban J connectivity index is 1.83. The molecule has 2 rings (SSSR count). The minimum atomic E-state index is 0.0663. The van der Waals surface area contributed by atoms with Gasteiger partial charge in [0.05, 0.1) is 6.42 Å². The second-order valence-electron chi connectivity index (χ2n) is 4.75. The van der Waals surface area contributed by atoms with Gasteiger partial charge in [0.1, 0.15) is 0 Å². The van der Waals surface area contributed by atoms with Crippen LogP contribution in [0.3, 0.4) is 0 Å². The molecule has 1 aromatic carbocycles. The molecule has 3 N–H and O–H groups in total. The molecule has 1 aliphatic carbocycles. The average molecular weight is 297 g/mol. The van der Waals surface area contributed by atoms with Crippen molar-refractivity contribution in [3.63, 3.8) is 0 Å². The lowest BCUT2D eigenvalue weighted by Crippen LogP contribution is -2.34. The maximum absolute atomic E-state index is 11.8. The predicted octanol–water partition coefficient (Wildman–Crippen LogP) is 1.85. The molecule has 1 saturated carbocycles. The summed E-state index contributed by atoms with van der Waals surface area (Å²) in [6.07, 6.45) is 2.69. The number of rotatable bonds is 5. The lowest BCUT2D eigenvalue weighted by atomic mass is 10.1. The molecule has 0 aliphatic heterocycles. The fourth-order valence-corrected chi connectivity index (χ4v) is 2.22. The van der Waals surface area contributed by atoms with Crippen molar-refractivity contribution in [2.24, 2.45) is 11.1 Å². The van der Waals surface area contributed by atoms with Crippen molar-refractivity contribution in [2.75, 3.05) is 13.1 Å².